The summed E-state index contributed by atoms with van der Waals surface area (Å²) in [7, 11) is 3.89. The summed E-state index contributed by atoms with van der Waals surface area (Å²) in [6.07, 6.45) is 0. The van der Waals surface area contributed by atoms with Crippen molar-refractivity contribution in [2.24, 2.45) is 0 Å². The Morgan fingerprint density at radius 3 is 2.43 bits per heavy atom. The highest BCUT2D eigenvalue weighted by atomic mass is 16.4. The smallest absolute Gasteiger partial charge is 0.335 e. The van der Waals surface area contributed by atoms with E-state index in [0.717, 1.165) is 5.56 Å². The summed E-state index contributed by atoms with van der Waals surface area (Å²) >= 11 is 0. The molecule has 116 valence electrons. The number of carboxylic acid groups (broad SMARTS) is 1. The van der Waals surface area contributed by atoms with Gasteiger partial charge < -0.3 is 20.6 Å². The zero-order chi connectivity index (χ0) is 16.2. The van der Waals surface area contributed by atoms with E-state index in [2.05, 4.69) is 10.6 Å². The molecule has 0 bridgehead atoms. The Morgan fingerprint density at radius 2 is 1.90 bits per heavy atom. The fraction of sp³-hybridized carbons (Fsp3) is 0.467. The topological polar surface area (TPSA) is 81.7 Å². The molecule has 0 radical (unpaired) electrons. The molecule has 1 aromatic carbocycles. The minimum Gasteiger partial charge on any atom is -0.478 e. The van der Waals surface area contributed by atoms with Crippen molar-refractivity contribution in [2.45, 2.75) is 26.3 Å². The molecule has 0 spiro atoms. The van der Waals surface area contributed by atoms with E-state index in [1.807, 2.05) is 39.8 Å². The maximum atomic E-state index is 11.9. The maximum Gasteiger partial charge on any atom is 0.335 e. The molecule has 1 aromatic rings. The number of likely N-dealkylation sites (N-methyl/N-ethyl adjacent to an activating group) is 1. The number of nitrogens with zero attached hydrogens (tertiary/aromatic N) is 1. The molecule has 0 atom stereocenters. The number of carboxylic acids is 1. The number of aryl methyl sites for hydroxylation is 1. The Balaban J connectivity index is 2.71. The van der Waals surface area contributed by atoms with Crippen LogP contribution in [0.1, 0.15) is 29.8 Å². The zero-order valence-electron chi connectivity index (χ0n) is 13.2. The van der Waals surface area contributed by atoms with Gasteiger partial charge in [0.2, 0.25) is 0 Å². The van der Waals surface area contributed by atoms with Crippen LogP contribution in [0.5, 0.6) is 0 Å². The number of aromatic carboxylic acids is 1. The Hall–Kier alpha value is -2.08. The Labute approximate surface area is 125 Å². The Bertz CT molecular complexity index is 539. The third kappa shape index (κ3) is 4.75. The van der Waals surface area contributed by atoms with Gasteiger partial charge in [-0.2, -0.15) is 0 Å². The van der Waals surface area contributed by atoms with Crippen LogP contribution in [0.3, 0.4) is 0 Å². The number of amides is 2. The summed E-state index contributed by atoms with van der Waals surface area (Å²) in [5.41, 5.74) is 1.27. The van der Waals surface area contributed by atoms with Gasteiger partial charge in [-0.05, 0) is 52.6 Å². The van der Waals surface area contributed by atoms with Crippen molar-refractivity contribution in [1.82, 2.24) is 10.2 Å². The summed E-state index contributed by atoms with van der Waals surface area (Å²) in [6.45, 7) is 6.32. The standard InChI is InChI=1S/C15H23N3O3/c1-10-6-7-11(13(19)20)8-12(10)17-14(21)16-9-15(2,3)18(4)5/h6-8H,9H2,1-5H3,(H,19,20)(H2,16,17,21). The average Bonchev–Trinajstić information content (AvgIpc) is 2.38. The summed E-state index contributed by atoms with van der Waals surface area (Å²) < 4.78 is 0. The second kappa shape index (κ2) is 6.58. The largest absolute Gasteiger partial charge is 0.478 e. The van der Waals surface area contributed by atoms with E-state index in [4.69, 9.17) is 5.11 Å². The highest BCUT2D eigenvalue weighted by Gasteiger charge is 2.21. The lowest BCUT2D eigenvalue weighted by molar-refractivity contribution is 0.0697. The molecule has 0 unspecified atom stereocenters. The van der Waals surface area contributed by atoms with Gasteiger partial charge in [0.15, 0.2) is 0 Å². The van der Waals surface area contributed by atoms with Crippen molar-refractivity contribution < 1.29 is 14.7 Å². The normalized spacial score (nSPS) is 11.3. The first-order valence-electron chi connectivity index (χ1n) is 6.70. The molecule has 6 nitrogen and oxygen atoms in total. The van der Waals surface area contributed by atoms with Crippen LogP contribution < -0.4 is 10.6 Å². The van der Waals surface area contributed by atoms with Gasteiger partial charge in [-0.3, -0.25) is 0 Å². The predicted octanol–water partition coefficient (Wildman–Crippen LogP) is 2.15. The first-order chi connectivity index (χ1) is 9.63. The third-order valence-electron chi connectivity index (χ3n) is 3.62. The van der Waals surface area contributed by atoms with Crippen LogP contribution in [-0.4, -0.2) is 48.2 Å². The van der Waals surface area contributed by atoms with E-state index >= 15 is 0 Å². The lowest BCUT2D eigenvalue weighted by Crippen LogP contribution is -2.49. The van der Waals surface area contributed by atoms with Crippen LogP contribution in [0.4, 0.5) is 10.5 Å². The van der Waals surface area contributed by atoms with Gasteiger partial charge in [0, 0.05) is 17.8 Å². The van der Waals surface area contributed by atoms with Gasteiger partial charge in [0.05, 0.1) is 5.56 Å². The van der Waals surface area contributed by atoms with Crippen molar-refractivity contribution >= 4 is 17.7 Å². The number of nitrogens with one attached hydrogen (secondary N) is 2. The minimum atomic E-state index is -1.02. The molecule has 0 heterocycles. The van der Waals surface area contributed by atoms with E-state index in [-0.39, 0.29) is 17.1 Å². The molecular formula is C15H23N3O3. The maximum absolute atomic E-state index is 11.9. The molecule has 0 aliphatic heterocycles. The molecule has 21 heavy (non-hydrogen) atoms. The number of anilines is 1. The van der Waals surface area contributed by atoms with Gasteiger partial charge in [0.1, 0.15) is 0 Å². The van der Waals surface area contributed by atoms with Crippen LogP contribution in [-0.2, 0) is 0 Å². The second-order valence-electron chi connectivity index (χ2n) is 5.85. The van der Waals surface area contributed by atoms with Crippen LogP contribution in [0.25, 0.3) is 0 Å². The van der Waals surface area contributed by atoms with Crippen LogP contribution >= 0.6 is 0 Å². The number of rotatable bonds is 5. The average molecular weight is 293 g/mol. The van der Waals surface area contributed by atoms with Crippen LogP contribution in [0, 0.1) is 6.92 Å². The monoisotopic (exact) mass is 293 g/mol. The van der Waals surface area contributed by atoms with Crippen LogP contribution in [0.15, 0.2) is 18.2 Å². The number of carbonyl (C=O) groups excluding carboxylic acids is 1. The molecule has 1 rings (SSSR count). The minimum absolute atomic E-state index is 0.143. The lowest BCUT2D eigenvalue weighted by Gasteiger charge is -2.32. The van der Waals surface area contributed by atoms with E-state index in [1.165, 1.54) is 12.1 Å². The number of hydrogen-bond donors (Lipinski definition) is 3. The van der Waals surface area contributed by atoms with Crippen molar-refractivity contribution in [3.8, 4) is 0 Å². The quantitative estimate of drug-likeness (QED) is 0.777. The molecule has 2 amide bonds. The van der Waals surface area contributed by atoms with Gasteiger partial charge in [-0.15, -0.1) is 0 Å². The Morgan fingerprint density at radius 1 is 1.29 bits per heavy atom. The van der Waals surface area contributed by atoms with Gasteiger partial charge in [-0.25, -0.2) is 9.59 Å². The van der Waals surface area contributed by atoms with Crippen molar-refractivity contribution in [3.63, 3.8) is 0 Å². The van der Waals surface area contributed by atoms with Crippen molar-refractivity contribution in [1.29, 1.82) is 0 Å². The molecule has 0 fully saturated rings. The molecule has 6 heteroatoms. The Kier molecular flexibility index (Phi) is 5.32. The number of hydrogen-bond acceptors (Lipinski definition) is 3. The first kappa shape index (κ1) is 17.0. The first-order valence-corrected chi connectivity index (χ1v) is 6.70. The molecule has 3 N–H and O–H groups in total. The number of carbonyl (C=O) groups is 2. The fourth-order valence-corrected chi connectivity index (χ4v) is 1.51. The zero-order valence-corrected chi connectivity index (χ0v) is 13.2. The van der Waals surface area contributed by atoms with Gasteiger partial charge in [0.25, 0.3) is 0 Å². The fourth-order valence-electron chi connectivity index (χ4n) is 1.51. The number of urea groups is 1. The molecule has 0 aliphatic rings. The highest BCUT2D eigenvalue weighted by molar-refractivity contribution is 5.94. The lowest BCUT2D eigenvalue weighted by atomic mass is 10.0. The van der Waals surface area contributed by atoms with Gasteiger partial charge >= 0.3 is 12.0 Å². The van der Waals surface area contributed by atoms with Gasteiger partial charge in [-0.1, -0.05) is 6.07 Å². The molecule has 0 aliphatic carbocycles. The summed E-state index contributed by atoms with van der Waals surface area (Å²) in [4.78, 5) is 24.9. The molecule has 0 saturated heterocycles. The SMILES string of the molecule is Cc1ccc(C(=O)O)cc1NC(=O)NCC(C)(C)N(C)C. The summed E-state index contributed by atoms with van der Waals surface area (Å²) in [6, 6.07) is 4.28. The number of benzene rings is 1. The summed E-state index contributed by atoms with van der Waals surface area (Å²) in [5.74, 6) is -1.02. The van der Waals surface area contributed by atoms with Crippen molar-refractivity contribution in [2.75, 3.05) is 26.0 Å². The highest BCUT2D eigenvalue weighted by Crippen LogP contribution is 2.17. The third-order valence-corrected chi connectivity index (χ3v) is 3.62. The molecule has 0 aromatic heterocycles. The molecular weight excluding hydrogens is 270 g/mol. The van der Waals surface area contributed by atoms with E-state index in [0.29, 0.717) is 12.2 Å². The second-order valence-corrected chi connectivity index (χ2v) is 5.85. The van der Waals surface area contributed by atoms with E-state index in [1.54, 1.807) is 6.07 Å². The van der Waals surface area contributed by atoms with E-state index in [9.17, 15) is 9.59 Å². The van der Waals surface area contributed by atoms with E-state index < -0.39 is 5.97 Å². The predicted molar refractivity (Wildman–Crippen MR) is 82.9 cm³/mol. The molecule has 0 saturated carbocycles. The summed E-state index contributed by atoms with van der Waals surface area (Å²) in [5, 5.41) is 14.4. The van der Waals surface area contributed by atoms with Crippen molar-refractivity contribution in [3.05, 3.63) is 29.3 Å². The van der Waals surface area contributed by atoms with Crippen LogP contribution in [0.2, 0.25) is 0 Å².